The molecule has 0 saturated heterocycles. The van der Waals surface area contributed by atoms with E-state index in [-0.39, 0.29) is 11.0 Å². The number of para-hydroxylation sites is 1. The number of carbonyl (C=O) groups is 3. The zero-order chi connectivity index (χ0) is 27.3. The van der Waals surface area contributed by atoms with E-state index in [2.05, 4.69) is 28.4 Å². The second kappa shape index (κ2) is 14.5. The molecule has 0 fully saturated rings. The first-order valence-electron chi connectivity index (χ1n) is 12.5. The first-order chi connectivity index (χ1) is 18.4. The summed E-state index contributed by atoms with van der Waals surface area (Å²) in [5.74, 6) is -0.668. The lowest BCUT2D eigenvalue weighted by Gasteiger charge is -2.14. The van der Waals surface area contributed by atoms with Gasteiger partial charge in [0.1, 0.15) is 5.75 Å². The maximum absolute atomic E-state index is 12.7. The molecule has 0 spiro atoms. The molecule has 8 nitrogen and oxygen atoms in total. The van der Waals surface area contributed by atoms with Crippen molar-refractivity contribution in [3.05, 3.63) is 95.1 Å². The van der Waals surface area contributed by atoms with Gasteiger partial charge in [0.25, 0.3) is 17.7 Å². The zero-order valence-corrected chi connectivity index (χ0v) is 22.3. The van der Waals surface area contributed by atoms with Crippen LogP contribution in [0.4, 0.5) is 5.69 Å². The van der Waals surface area contributed by atoms with Crippen LogP contribution in [0.5, 0.6) is 5.75 Å². The molecular weight excluding hydrogens is 500 g/mol. The molecule has 9 heteroatoms. The van der Waals surface area contributed by atoms with Crippen molar-refractivity contribution in [2.75, 3.05) is 11.9 Å². The maximum atomic E-state index is 12.7. The Labute approximate surface area is 228 Å². The summed E-state index contributed by atoms with van der Waals surface area (Å²) in [6, 6.07) is 20.6. The Morgan fingerprint density at radius 2 is 1.45 bits per heavy atom. The first kappa shape index (κ1) is 28.3. The number of anilines is 1. The average Bonchev–Trinajstić information content (AvgIpc) is 2.92. The highest BCUT2D eigenvalue weighted by Crippen LogP contribution is 2.18. The van der Waals surface area contributed by atoms with E-state index in [0.29, 0.717) is 34.7 Å². The number of rotatable bonds is 10. The number of amides is 3. The third-order valence-corrected chi connectivity index (χ3v) is 5.90. The van der Waals surface area contributed by atoms with Crippen LogP contribution in [-0.4, -0.2) is 29.4 Å². The summed E-state index contributed by atoms with van der Waals surface area (Å²) in [6.07, 6.45) is 4.27. The Morgan fingerprint density at radius 1 is 0.763 bits per heavy atom. The lowest BCUT2D eigenvalue weighted by molar-refractivity contribution is 0.0933. The van der Waals surface area contributed by atoms with Gasteiger partial charge in [-0.25, -0.2) is 0 Å². The van der Waals surface area contributed by atoms with E-state index in [4.69, 9.17) is 17.0 Å². The zero-order valence-electron chi connectivity index (χ0n) is 21.5. The van der Waals surface area contributed by atoms with Gasteiger partial charge in [0, 0.05) is 16.8 Å². The smallest absolute Gasteiger partial charge is 0.269 e. The third kappa shape index (κ3) is 8.41. The largest absolute Gasteiger partial charge is 0.493 e. The first-order valence-corrected chi connectivity index (χ1v) is 12.9. The van der Waals surface area contributed by atoms with Crippen molar-refractivity contribution < 1.29 is 19.1 Å². The van der Waals surface area contributed by atoms with E-state index in [1.165, 1.54) is 0 Å². The molecule has 0 bridgehead atoms. The van der Waals surface area contributed by atoms with Crippen LogP contribution in [0.1, 0.15) is 69.2 Å². The Balaban J connectivity index is 1.48. The highest BCUT2D eigenvalue weighted by atomic mass is 32.1. The number of thiocarbonyl (C=S) groups is 1. The average molecular weight is 533 g/mol. The molecule has 3 aromatic rings. The molecule has 198 valence electrons. The van der Waals surface area contributed by atoms with Gasteiger partial charge < -0.3 is 10.1 Å². The molecule has 4 N–H and O–H groups in total. The van der Waals surface area contributed by atoms with Gasteiger partial charge in [-0.15, -0.1) is 0 Å². The Morgan fingerprint density at radius 3 is 2.16 bits per heavy atom. The normalized spacial score (nSPS) is 10.3. The molecule has 0 unspecified atom stereocenters. The number of carbonyl (C=O) groups excluding carboxylic acids is 3. The van der Waals surface area contributed by atoms with E-state index in [1.807, 2.05) is 19.1 Å². The van der Waals surface area contributed by atoms with Crippen LogP contribution in [-0.2, 0) is 0 Å². The maximum Gasteiger partial charge on any atom is 0.269 e. The van der Waals surface area contributed by atoms with Gasteiger partial charge in [-0.2, -0.15) is 0 Å². The molecule has 0 aliphatic heterocycles. The summed E-state index contributed by atoms with van der Waals surface area (Å²) in [5.41, 5.74) is 7.67. The predicted octanol–water partition coefficient (Wildman–Crippen LogP) is 5.16. The second-order valence-electron chi connectivity index (χ2n) is 8.61. The number of hydrogen-bond donors (Lipinski definition) is 4. The minimum Gasteiger partial charge on any atom is -0.493 e. The minimum absolute atomic E-state index is 0.0665. The third-order valence-electron chi connectivity index (χ3n) is 5.70. The van der Waals surface area contributed by atoms with Crippen molar-refractivity contribution in [2.24, 2.45) is 0 Å². The summed E-state index contributed by atoms with van der Waals surface area (Å²) in [7, 11) is 0. The molecule has 3 rings (SSSR count). The molecule has 0 atom stereocenters. The van der Waals surface area contributed by atoms with Gasteiger partial charge >= 0.3 is 0 Å². The second-order valence-corrected chi connectivity index (χ2v) is 9.02. The van der Waals surface area contributed by atoms with Crippen LogP contribution in [0.2, 0.25) is 0 Å². The number of ether oxygens (including phenoxy) is 1. The van der Waals surface area contributed by atoms with E-state index in [0.717, 1.165) is 31.2 Å². The van der Waals surface area contributed by atoms with Crippen molar-refractivity contribution in [3.8, 4) is 5.75 Å². The fraction of sp³-hybridized carbons (Fsp3) is 0.241. The fourth-order valence-corrected chi connectivity index (χ4v) is 3.75. The van der Waals surface area contributed by atoms with Crippen LogP contribution in [0.25, 0.3) is 0 Å². The summed E-state index contributed by atoms with van der Waals surface area (Å²) < 4.78 is 5.79. The fourth-order valence-electron chi connectivity index (χ4n) is 3.61. The number of hydrazine groups is 1. The van der Waals surface area contributed by atoms with E-state index < -0.39 is 11.8 Å². The van der Waals surface area contributed by atoms with Crippen molar-refractivity contribution in [1.29, 1.82) is 0 Å². The van der Waals surface area contributed by atoms with Crippen LogP contribution < -0.4 is 26.2 Å². The Bertz CT molecular complexity index is 1280. The van der Waals surface area contributed by atoms with E-state index in [1.54, 1.807) is 60.7 Å². The molecule has 3 aromatic carbocycles. The lowest BCUT2D eigenvalue weighted by atomic mass is 10.1. The summed E-state index contributed by atoms with van der Waals surface area (Å²) >= 11 is 5.16. The predicted molar refractivity (Wildman–Crippen MR) is 152 cm³/mol. The van der Waals surface area contributed by atoms with Crippen LogP contribution in [0, 0.1) is 6.92 Å². The number of benzene rings is 3. The molecule has 0 saturated carbocycles. The molecular formula is C29H32N4O4S. The number of aryl methyl sites for hydroxylation is 1. The highest BCUT2D eigenvalue weighted by molar-refractivity contribution is 7.80. The summed E-state index contributed by atoms with van der Waals surface area (Å²) in [4.78, 5) is 37.7. The lowest BCUT2D eigenvalue weighted by Crippen LogP contribution is -2.48. The van der Waals surface area contributed by atoms with Crippen molar-refractivity contribution >= 4 is 40.7 Å². The Hall–Kier alpha value is -4.24. The molecule has 0 heterocycles. The van der Waals surface area contributed by atoms with Gasteiger partial charge in [-0.05, 0) is 73.6 Å². The molecule has 0 radical (unpaired) electrons. The van der Waals surface area contributed by atoms with Gasteiger partial charge in [0.15, 0.2) is 5.11 Å². The standard InChI is InChI=1S/C29H32N4O4S/c1-3-4-5-10-19-37-25-14-9-8-13-24(25)28(36)31-29(38)33-32-26(34)21-15-17-22(18-16-21)30-27(35)23-12-7-6-11-20(23)2/h6-9,11-18H,3-5,10,19H2,1-2H3,(H,30,35)(H,32,34)(H2,31,33,36,38). The SMILES string of the molecule is CCCCCCOc1ccccc1C(=O)NC(=S)NNC(=O)c1ccc(NC(=O)c2ccccc2C)cc1. The van der Waals surface area contributed by atoms with E-state index >= 15 is 0 Å². The van der Waals surface area contributed by atoms with Gasteiger partial charge in [0.05, 0.1) is 12.2 Å². The molecule has 0 aliphatic carbocycles. The Kier molecular flexibility index (Phi) is 10.8. The van der Waals surface area contributed by atoms with Crippen LogP contribution >= 0.6 is 12.2 Å². The quantitative estimate of drug-likeness (QED) is 0.163. The molecule has 0 aliphatic rings. The number of unbranched alkanes of at least 4 members (excludes halogenated alkanes) is 3. The van der Waals surface area contributed by atoms with Crippen LogP contribution in [0.15, 0.2) is 72.8 Å². The topological polar surface area (TPSA) is 109 Å². The summed E-state index contributed by atoms with van der Waals surface area (Å²) in [5, 5.41) is 5.29. The van der Waals surface area contributed by atoms with Gasteiger partial charge in [0.2, 0.25) is 0 Å². The minimum atomic E-state index is -0.464. The van der Waals surface area contributed by atoms with Gasteiger partial charge in [-0.3, -0.25) is 30.6 Å². The van der Waals surface area contributed by atoms with Crippen LogP contribution in [0.3, 0.4) is 0 Å². The number of nitrogens with one attached hydrogen (secondary N) is 4. The van der Waals surface area contributed by atoms with Crippen molar-refractivity contribution in [2.45, 2.75) is 39.5 Å². The highest BCUT2D eigenvalue weighted by Gasteiger charge is 2.15. The molecule has 3 amide bonds. The molecule has 0 aromatic heterocycles. The number of hydrogen-bond acceptors (Lipinski definition) is 5. The summed E-state index contributed by atoms with van der Waals surface area (Å²) in [6.45, 7) is 4.53. The van der Waals surface area contributed by atoms with Crippen molar-refractivity contribution in [1.82, 2.24) is 16.2 Å². The van der Waals surface area contributed by atoms with E-state index in [9.17, 15) is 14.4 Å². The van der Waals surface area contributed by atoms with Gasteiger partial charge in [-0.1, -0.05) is 56.5 Å². The molecule has 38 heavy (non-hydrogen) atoms. The monoisotopic (exact) mass is 532 g/mol. The van der Waals surface area contributed by atoms with Crippen molar-refractivity contribution in [3.63, 3.8) is 0 Å².